The first-order valence-electron chi connectivity index (χ1n) is 7.34. The van der Waals surface area contributed by atoms with Crippen LogP contribution in [0.1, 0.15) is 29.6 Å². The van der Waals surface area contributed by atoms with Gasteiger partial charge in [0.2, 0.25) is 0 Å². The summed E-state index contributed by atoms with van der Waals surface area (Å²) >= 11 is 0. The fourth-order valence-corrected chi connectivity index (χ4v) is 2.71. The van der Waals surface area contributed by atoms with Crippen molar-refractivity contribution in [3.05, 3.63) is 29.8 Å². The SMILES string of the molecule is CN1CCC(N(C)CCC(=O)c2ccc(N)cc2)CC1. The van der Waals surface area contributed by atoms with Crippen molar-refractivity contribution in [3.8, 4) is 0 Å². The van der Waals surface area contributed by atoms with Crippen LogP contribution in [0.2, 0.25) is 0 Å². The fourth-order valence-electron chi connectivity index (χ4n) is 2.71. The Kier molecular flexibility index (Phi) is 5.15. The number of piperidine rings is 1. The van der Waals surface area contributed by atoms with Crippen molar-refractivity contribution in [3.63, 3.8) is 0 Å². The Hall–Kier alpha value is -1.39. The molecule has 20 heavy (non-hydrogen) atoms. The largest absolute Gasteiger partial charge is 0.399 e. The number of hydrogen-bond donors (Lipinski definition) is 1. The normalized spacial score (nSPS) is 17.6. The highest BCUT2D eigenvalue weighted by Gasteiger charge is 2.20. The maximum atomic E-state index is 12.1. The van der Waals surface area contributed by atoms with Crippen LogP contribution in [-0.4, -0.2) is 55.4 Å². The van der Waals surface area contributed by atoms with Crippen molar-refractivity contribution in [1.29, 1.82) is 0 Å². The molecule has 2 N–H and O–H groups in total. The van der Waals surface area contributed by atoms with Crippen LogP contribution in [0.5, 0.6) is 0 Å². The van der Waals surface area contributed by atoms with E-state index >= 15 is 0 Å². The molecule has 4 heteroatoms. The highest BCUT2D eigenvalue weighted by molar-refractivity contribution is 5.96. The van der Waals surface area contributed by atoms with Crippen LogP contribution in [0.3, 0.4) is 0 Å². The molecule has 4 nitrogen and oxygen atoms in total. The molecule has 0 unspecified atom stereocenters. The van der Waals surface area contributed by atoms with Gasteiger partial charge in [-0.2, -0.15) is 0 Å². The maximum Gasteiger partial charge on any atom is 0.164 e. The number of Topliss-reactive ketones (excluding diaryl/α,β-unsaturated/α-hetero) is 1. The van der Waals surface area contributed by atoms with Gasteiger partial charge in [0.1, 0.15) is 0 Å². The lowest BCUT2D eigenvalue weighted by atomic mass is 10.0. The van der Waals surface area contributed by atoms with Crippen molar-refractivity contribution < 1.29 is 4.79 Å². The Bertz CT molecular complexity index is 436. The summed E-state index contributed by atoms with van der Waals surface area (Å²) in [6, 6.07) is 7.81. The summed E-state index contributed by atoms with van der Waals surface area (Å²) in [5, 5.41) is 0. The molecule has 0 spiro atoms. The van der Waals surface area contributed by atoms with Gasteiger partial charge in [-0.25, -0.2) is 0 Å². The lowest BCUT2D eigenvalue weighted by Gasteiger charge is -2.35. The van der Waals surface area contributed by atoms with E-state index in [4.69, 9.17) is 5.73 Å². The van der Waals surface area contributed by atoms with Crippen LogP contribution in [-0.2, 0) is 0 Å². The van der Waals surface area contributed by atoms with Crippen molar-refractivity contribution in [1.82, 2.24) is 9.80 Å². The molecule has 1 saturated heterocycles. The third kappa shape index (κ3) is 4.05. The number of rotatable bonds is 5. The molecule has 1 fully saturated rings. The standard InChI is InChI=1S/C16H25N3O/c1-18-10-7-15(8-11-18)19(2)12-9-16(20)13-3-5-14(17)6-4-13/h3-6,15H,7-12,17H2,1-2H3. The van der Waals surface area contributed by atoms with E-state index in [1.807, 2.05) is 12.1 Å². The lowest BCUT2D eigenvalue weighted by Crippen LogP contribution is -2.42. The van der Waals surface area contributed by atoms with Crippen molar-refractivity contribution in [2.24, 2.45) is 0 Å². The summed E-state index contributed by atoms with van der Waals surface area (Å²) in [6.07, 6.45) is 2.97. The Morgan fingerprint density at radius 3 is 2.50 bits per heavy atom. The van der Waals surface area contributed by atoms with Crippen LogP contribution in [0.25, 0.3) is 0 Å². The molecule has 0 aliphatic carbocycles. The molecule has 110 valence electrons. The van der Waals surface area contributed by atoms with E-state index in [2.05, 4.69) is 23.9 Å². The van der Waals surface area contributed by atoms with E-state index < -0.39 is 0 Å². The van der Waals surface area contributed by atoms with Crippen LogP contribution in [0.15, 0.2) is 24.3 Å². The number of anilines is 1. The Balaban J connectivity index is 1.79. The number of nitrogens with zero attached hydrogens (tertiary/aromatic N) is 2. The Morgan fingerprint density at radius 1 is 1.30 bits per heavy atom. The van der Waals surface area contributed by atoms with Gasteiger partial charge in [-0.1, -0.05) is 0 Å². The summed E-state index contributed by atoms with van der Waals surface area (Å²) in [6.45, 7) is 3.14. The quantitative estimate of drug-likeness (QED) is 0.658. The number of nitrogen functional groups attached to an aromatic ring is 1. The van der Waals surface area contributed by atoms with E-state index in [1.54, 1.807) is 12.1 Å². The van der Waals surface area contributed by atoms with Gasteiger partial charge in [0.25, 0.3) is 0 Å². The number of benzene rings is 1. The summed E-state index contributed by atoms with van der Waals surface area (Å²) in [4.78, 5) is 16.8. The Labute approximate surface area is 121 Å². The fraction of sp³-hybridized carbons (Fsp3) is 0.562. The van der Waals surface area contributed by atoms with E-state index in [0.717, 1.165) is 25.2 Å². The van der Waals surface area contributed by atoms with Gasteiger partial charge in [0.15, 0.2) is 5.78 Å². The summed E-state index contributed by atoms with van der Waals surface area (Å²) in [5.74, 6) is 0.199. The van der Waals surface area contributed by atoms with Crippen LogP contribution >= 0.6 is 0 Å². The molecule has 0 bridgehead atoms. The molecule has 1 aromatic carbocycles. The molecule has 1 aromatic rings. The first-order chi connectivity index (χ1) is 9.56. The molecule has 1 aliphatic rings. The van der Waals surface area contributed by atoms with Gasteiger partial charge in [-0.05, 0) is 64.3 Å². The number of ketones is 1. The monoisotopic (exact) mass is 275 g/mol. The smallest absolute Gasteiger partial charge is 0.164 e. The molecule has 0 saturated carbocycles. The second-order valence-corrected chi connectivity index (χ2v) is 5.81. The molecular formula is C16H25N3O. The zero-order chi connectivity index (χ0) is 14.5. The highest BCUT2D eigenvalue weighted by atomic mass is 16.1. The minimum Gasteiger partial charge on any atom is -0.399 e. The van der Waals surface area contributed by atoms with Crippen LogP contribution < -0.4 is 5.73 Å². The topological polar surface area (TPSA) is 49.6 Å². The molecule has 0 radical (unpaired) electrons. The third-order valence-electron chi connectivity index (χ3n) is 4.24. The summed E-state index contributed by atoms with van der Waals surface area (Å²) in [7, 11) is 4.30. The summed E-state index contributed by atoms with van der Waals surface area (Å²) < 4.78 is 0. The molecule has 1 aliphatic heterocycles. The van der Waals surface area contributed by atoms with Gasteiger partial charge in [-0.3, -0.25) is 4.79 Å². The minimum absolute atomic E-state index is 0.199. The highest BCUT2D eigenvalue weighted by Crippen LogP contribution is 2.15. The molecule has 0 amide bonds. The second-order valence-electron chi connectivity index (χ2n) is 5.81. The number of carbonyl (C=O) groups excluding carboxylic acids is 1. The van der Waals surface area contributed by atoms with Crippen LogP contribution in [0, 0.1) is 0 Å². The van der Waals surface area contributed by atoms with E-state index in [0.29, 0.717) is 18.2 Å². The molecule has 1 heterocycles. The van der Waals surface area contributed by atoms with Crippen molar-refractivity contribution in [2.75, 3.05) is 39.5 Å². The number of carbonyl (C=O) groups is 1. The third-order valence-corrected chi connectivity index (χ3v) is 4.24. The number of hydrogen-bond acceptors (Lipinski definition) is 4. The predicted molar refractivity (Wildman–Crippen MR) is 83.0 cm³/mol. The number of nitrogens with two attached hydrogens (primary N) is 1. The van der Waals surface area contributed by atoms with Gasteiger partial charge in [-0.15, -0.1) is 0 Å². The first kappa shape index (κ1) is 15.0. The van der Waals surface area contributed by atoms with Gasteiger partial charge in [0.05, 0.1) is 0 Å². The molecule has 0 atom stereocenters. The average molecular weight is 275 g/mol. The van der Waals surface area contributed by atoms with E-state index in [1.165, 1.54) is 12.8 Å². The number of likely N-dealkylation sites (tertiary alicyclic amines) is 1. The van der Waals surface area contributed by atoms with E-state index in [-0.39, 0.29) is 5.78 Å². The maximum absolute atomic E-state index is 12.1. The molecular weight excluding hydrogens is 250 g/mol. The van der Waals surface area contributed by atoms with E-state index in [9.17, 15) is 4.79 Å². The van der Waals surface area contributed by atoms with Crippen molar-refractivity contribution in [2.45, 2.75) is 25.3 Å². The second kappa shape index (κ2) is 6.86. The van der Waals surface area contributed by atoms with Gasteiger partial charge < -0.3 is 15.5 Å². The minimum atomic E-state index is 0.199. The van der Waals surface area contributed by atoms with Gasteiger partial charge >= 0.3 is 0 Å². The van der Waals surface area contributed by atoms with Crippen LogP contribution in [0.4, 0.5) is 5.69 Å². The summed E-state index contributed by atoms with van der Waals surface area (Å²) in [5.41, 5.74) is 7.09. The van der Waals surface area contributed by atoms with Crippen molar-refractivity contribution >= 4 is 11.5 Å². The zero-order valence-corrected chi connectivity index (χ0v) is 12.5. The first-order valence-corrected chi connectivity index (χ1v) is 7.34. The molecule has 2 rings (SSSR count). The zero-order valence-electron chi connectivity index (χ0n) is 12.5. The van der Waals surface area contributed by atoms with Gasteiger partial charge in [0, 0.05) is 30.3 Å². The average Bonchev–Trinajstić information content (AvgIpc) is 2.46. The molecule has 0 aromatic heterocycles. The predicted octanol–water partition coefficient (Wildman–Crippen LogP) is 1.87. The Morgan fingerprint density at radius 2 is 1.90 bits per heavy atom. The lowest BCUT2D eigenvalue weighted by molar-refractivity contribution is 0.0939.